The molecule has 0 amide bonds. The highest BCUT2D eigenvalue weighted by Gasteiger charge is 2.31. The van der Waals surface area contributed by atoms with Crippen LogP contribution in [0.4, 0.5) is 24.7 Å². The van der Waals surface area contributed by atoms with Crippen molar-refractivity contribution in [2.24, 2.45) is 10.2 Å². The van der Waals surface area contributed by atoms with Gasteiger partial charge in [0.1, 0.15) is 5.65 Å². The van der Waals surface area contributed by atoms with Gasteiger partial charge in [0.15, 0.2) is 5.82 Å². The molecule has 4 nitrogen and oxygen atoms in total. The van der Waals surface area contributed by atoms with E-state index in [4.69, 9.17) is 0 Å². The lowest BCUT2D eigenvalue weighted by atomic mass is 10.1. The lowest BCUT2D eigenvalue weighted by Crippen LogP contribution is -2.06. The molecule has 0 aliphatic rings. The highest BCUT2D eigenvalue weighted by Crippen LogP contribution is 2.34. The van der Waals surface area contributed by atoms with Crippen molar-refractivity contribution in [2.75, 3.05) is 0 Å². The number of azo groups is 1. The summed E-state index contributed by atoms with van der Waals surface area (Å²) in [7, 11) is 0. The Morgan fingerprint density at radius 1 is 1.04 bits per heavy atom. The van der Waals surface area contributed by atoms with E-state index in [0.717, 1.165) is 17.8 Å². The van der Waals surface area contributed by atoms with Crippen molar-refractivity contribution in [1.82, 2.24) is 9.38 Å². The second-order valence-corrected chi connectivity index (χ2v) is 6.11. The fourth-order valence-corrected chi connectivity index (χ4v) is 2.48. The number of hydrogen-bond donors (Lipinski definition) is 0. The van der Waals surface area contributed by atoms with Gasteiger partial charge in [-0.1, -0.05) is 32.0 Å². The van der Waals surface area contributed by atoms with Gasteiger partial charge in [-0.3, -0.25) is 4.40 Å². The minimum Gasteiger partial charge on any atom is -0.282 e. The van der Waals surface area contributed by atoms with Crippen LogP contribution in [0.25, 0.3) is 5.65 Å². The molecule has 0 fully saturated rings. The van der Waals surface area contributed by atoms with Crippen LogP contribution in [0.15, 0.2) is 52.8 Å². The van der Waals surface area contributed by atoms with Gasteiger partial charge >= 0.3 is 6.18 Å². The number of nitrogens with zero attached hydrogens (tertiary/aromatic N) is 4. The average molecular weight is 346 g/mol. The normalized spacial score (nSPS) is 12.6. The van der Waals surface area contributed by atoms with E-state index >= 15 is 0 Å². The molecule has 3 rings (SSSR count). The molecule has 0 N–H and O–H groups in total. The molecule has 0 unspecified atom stereocenters. The fraction of sp³-hybridized carbons (Fsp3) is 0.278. The third-order valence-corrected chi connectivity index (χ3v) is 3.86. The molecule has 25 heavy (non-hydrogen) atoms. The van der Waals surface area contributed by atoms with E-state index in [9.17, 15) is 13.2 Å². The van der Waals surface area contributed by atoms with E-state index < -0.39 is 11.7 Å². The van der Waals surface area contributed by atoms with Crippen LogP contribution in [0.2, 0.25) is 0 Å². The summed E-state index contributed by atoms with van der Waals surface area (Å²) in [6, 6.07) is 9.79. The SMILES string of the molecule is Cc1ccccc1N=Nc1c(C(C)C)nc2ccc(C(F)(F)F)cn12. The predicted octanol–water partition coefficient (Wildman–Crippen LogP) is 6.20. The third-order valence-electron chi connectivity index (χ3n) is 3.86. The van der Waals surface area contributed by atoms with Crippen molar-refractivity contribution in [3.63, 3.8) is 0 Å². The summed E-state index contributed by atoms with van der Waals surface area (Å²) < 4.78 is 40.4. The van der Waals surface area contributed by atoms with Crippen LogP contribution in [0.1, 0.15) is 36.6 Å². The molecule has 7 heteroatoms. The van der Waals surface area contributed by atoms with Gasteiger partial charge in [0.2, 0.25) is 0 Å². The largest absolute Gasteiger partial charge is 0.417 e. The van der Waals surface area contributed by atoms with Gasteiger partial charge in [0.25, 0.3) is 0 Å². The Labute approximate surface area is 143 Å². The number of aromatic nitrogens is 2. The van der Waals surface area contributed by atoms with E-state index in [1.54, 1.807) is 6.07 Å². The maximum atomic E-state index is 13.0. The molecule has 130 valence electrons. The Balaban J connectivity index is 2.17. The van der Waals surface area contributed by atoms with E-state index in [-0.39, 0.29) is 5.92 Å². The highest BCUT2D eigenvalue weighted by atomic mass is 19.4. The van der Waals surface area contributed by atoms with Crippen molar-refractivity contribution in [3.8, 4) is 0 Å². The first-order valence-electron chi connectivity index (χ1n) is 7.84. The summed E-state index contributed by atoms with van der Waals surface area (Å²) in [5.41, 5.74) is 1.87. The number of pyridine rings is 1. The molecule has 3 aromatic rings. The number of rotatable bonds is 3. The molecule has 2 heterocycles. The summed E-state index contributed by atoms with van der Waals surface area (Å²) in [4.78, 5) is 4.41. The van der Waals surface area contributed by atoms with E-state index in [0.29, 0.717) is 22.8 Å². The predicted molar refractivity (Wildman–Crippen MR) is 89.6 cm³/mol. The van der Waals surface area contributed by atoms with Crippen LogP contribution in [-0.4, -0.2) is 9.38 Å². The molecule has 0 aliphatic heterocycles. The molecule has 0 atom stereocenters. The summed E-state index contributed by atoms with van der Waals surface area (Å²) in [6.45, 7) is 5.73. The molecule has 0 radical (unpaired) electrons. The Kier molecular flexibility index (Phi) is 4.32. The van der Waals surface area contributed by atoms with Crippen LogP contribution >= 0.6 is 0 Å². The molecule has 0 saturated carbocycles. The summed E-state index contributed by atoms with van der Waals surface area (Å²) in [5.74, 6) is 0.319. The van der Waals surface area contributed by atoms with Gasteiger partial charge < -0.3 is 0 Å². The Bertz CT molecular complexity index is 939. The first kappa shape index (κ1) is 17.1. The van der Waals surface area contributed by atoms with Gasteiger partial charge in [-0.25, -0.2) is 4.98 Å². The number of alkyl halides is 3. The van der Waals surface area contributed by atoms with Crippen LogP contribution < -0.4 is 0 Å². The van der Waals surface area contributed by atoms with Crippen molar-refractivity contribution in [2.45, 2.75) is 32.9 Å². The summed E-state index contributed by atoms with van der Waals surface area (Å²) in [5, 5.41) is 8.44. The van der Waals surface area contributed by atoms with Gasteiger partial charge in [0.05, 0.1) is 16.9 Å². The average Bonchev–Trinajstić information content (AvgIpc) is 2.91. The Morgan fingerprint density at radius 2 is 1.76 bits per heavy atom. The Hall–Kier alpha value is -2.70. The standard InChI is InChI=1S/C18H17F3N4/c1-11(2)16-17(24-23-14-7-5-4-6-12(14)3)25-10-13(18(19,20)21)8-9-15(25)22-16/h4-11H,1-3H3. The van der Waals surface area contributed by atoms with Crippen molar-refractivity contribution in [1.29, 1.82) is 0 Å². The van der Waals surface area contributed by atoms with Crippen LogP contribution in [0, 0.1) is 6.92 Å². The van der Waals surface area contributed by atoms with Crippen molar-refractivity contribution < 1.29 is 13.2 Å². The number of imidazole rings is 1. The zero-order valence-electron chi connectivity index (χ0n) is 14.0. The number of benzene rings is 1. The molecule has 1 aromatic carbocycles. The maximum absolute atomic E-state index is 13.0. The number of halogens is 3. The number of fused-ring (bicyclic) bond motifs is 1. The second-order valence-electron chi connectivity index (χ2n) is 6.11. The fourth-order valence-electron chi connectivity index (χ4n) is 2.48. The van der Waals surface area contributed by atoms with Crippen LogP contribution in [0.5, 0.6) is 0 Å². The monoisotopic (exact) mass is 346 g/mol. The quantitative estimate of drug-likeness (QED) is 0.521. The van der Waals surface area contributed by atoms with Gasteiger partial charge in [-0.15, -0.1) is 10.2 Å². The molecular formula is C18H17F3N4. The zero-order valence-corrected chi connectivity index (χ0v) is 14.0. The lowest BCUT2D eigenvalue weighted by Gasteiger charge is -2.07. The lowest BCUT2D eigenvalue weighted by molar-refractivity contribution is -0.137. The smallest absolute Gasteiger partial charge is 0.282 e. The summed E-state index contributed by atoms with van der Waals surface area (Å²) in [6.07, 6.45) is -3.42. The Morgan fingerprint density at radius 3 is 2.40 bits per heavy atom. The number of hydrogen-bond acceptors (Lipinski definition) is 3. The first-order valence-corrected chi connectivity index (χ1v) is 7.84. The van der Waals surface area contributed by atoms with E-state index in [1.165, 1.54) is 10.5 Å². The minimum atomic E-state index is -4.43. The van der Waals surface area contributed by atoms with E-state index in [2.05, 4.69) is 15.2 Å². The topological polar surface area (TPSA) is 42.0 Å². The third kappa shape index (κ3) is 3.40. The van der Waals surface area contributed by atoms with Gasteiger partial charge in [0, 0.05) is 6.20 Å². The first-order chi connectivity index (χ1) is 11.8. The molecule has 0 saturated heterocycles. The highest BCUT2D eigenvalue weighted by molar-refractivity contribution is 5.54. The minimum absolute atomic E-state index is 0.0000528. The van der Waals surface area contributed by atoms with Crippen molar-refractivity contribution in [3.05, 3.63) is 59.4 Å². The zero-order chi connectivity index (χ0) is 18.2. The van der Waals surface area contributed by atoms with Crippen LogP contribution in [-0.2, 0) is 6.18 Å². The van der Waals surface area contributed by atoms with Gasteiger partial charge in [-0.2, -0.15) is 13.2 Å². The summed E-state index contributed by atoms with van der Waals surface area (Å²) >= 11 is 0. The number of aryl methyl sites for hydroxylation is 1. The van der Waals surface area contributed by atoms with E-state index in [1.807, 2.05) is 39.0 Å². The molecule has 0 spiro atoms. The maximum Gasteiger partial charge on any atom is 0.417 e. The molecule has 0 bridgehead atoms. The van der Waals surface area contributed by atoms with Gasteiger partial charge in [-0.05, 0) is 36.6 Å². The second kappa shape index (κ2) is 6.31. The molecule has 2 aromatic heterocycles. The molecular weight excluding hydrogens is 329 g/mol. The molecule has 0 aliphatic carbocycles. The van der Waals surface area contributed by atoms with Crippen molar-refractivity contribution >= 4 is 17.2 Å². The van der Waals surface area contributed by atoms with Crippen LogP contribution in [0.3, 0.4) is 0 Å².